The second-order valence-electron chi connectivity index (χ2n) is 4.05. The highest BCUT2D eigenvalue weighted by atomic mass is 32.2. The molecule has 0 aromatic rings. The summed E-state index contributed by atoms with van der Waals surface area (Å²) in [6.07, 6.45) is 1.70. The second kappa shape index (κ2) is 4.91. The number of sulfone groups is 1. The summed E-state index contributed by atoms with van der Waals surface area (Å²) in [5.74, 6) is -2.24. The van der Waals surface area contributed by atoms with E-state index in [9.17, 15) is 21.6 Å². The Morgan fingerprint density at radius 1 is 1.29 bits per heavy atom. The summed E-state index contributed by atoms with van der Waals surface area (Å²) in [7, 11) is -7.19. The Balaban J connectivity index is 2.80. The van der Waals surface area contributed by atoms with Crippen molar-refractivity contribution in [3.05, 3.63) is 0 Å². The summed E-state index contributed by atoms with van der Waals surface area (Å²) in [6, 6.07) is -1.06. The van der Waals surface area contributed by atoms with Crippen molar-refractivity contribution in [1.82, 2.24) is 4.31 Å². The molecule has 100 valence electrons. The summed E-state index contributed by atoms with van der Waals surface area (Å²) in [4.78, 5) is 10.8. The molecular formula is C8H15NO6S2. The molecular weight excluding hydrogens is 270 g/mol. The molecule has 1 rings (SSSR count). The Morgan fingerprint density at radius 3 is 2.35 bits per heavy atom. The third kappa shape index (κ3) is 3.93. The van der Waals surface area contributed by atoms with Crippen molar-refractivity contribution in [3.8, 4) is 0 Å². The minimum atomic E-state index is -3.81. The fraction of sp³-hybridized carbons (Fsp3) is 0.875. The van der Waals surface area contributed by atoms with Gasteiger partial charge < -0.3 is 5.11 Å². The highest BCUT2D eigenvalue weighted by molar-refractivity contribution is 7.93. The average Bonchev–Trinajstić information content (AvgIpc) is 2.62. The van der Waals surface area contributed by atoms with Crippen LogP contribution in [0.2, 0.25) is 0 Å². The summed E-state index contributed by atoms with van der Waals surface area (Å²) in [5.41, 5.74) is 0. The molecule has 1 heterocycles. The number of aliphatic carboxylic acids is 1. The number of hydrogen-bond acceptors (Lipinski definition) is 5. The molecule has 9 heteroatoms. The first kappa shape index (κ1) is 14.4. The van der Waals surface area contributed by atoms with Crippen LogP contribution in [0.3, 0.4) is 0 Å². The molecule has 1 N–H and O–H groups in total. The van der Waals surface area contributed by atoms with Crippen molar-refractivity contribution in [3.63, 3.8) is 0 Å². The van der Waals surface area contributed by atoms with E-state index in [-0.39, 0.29) is 13.0 Å². The zero-order chi connectivity index (χ0) is 13.3. The standard InChI is InChI=1S/C8H15NO6S2/c1-16(12,13)5-6-17(14,15)9-4-2-3-7(9)8(10)11/h7H,2-6H2,1H3,(H,10,11). The van der Waals surface area contributed by atoms with Gasteiger partial charge in [-0.3, -0.25) is 4.79 Å². The number of sulfonamides is 1. The maximum Gasteiger partial charge on any atom is 0.322 e. The quantitative estimate of drug-likeness (QED) is 0.687. The summed E-state index contributed by atoms with van der Waals surface area (Å²) in [6.45, 7) is 0.142. The van der Waals surface area contributed by atoms with E-state index in [2.05, 4.69) is 0 Å². The predicted octanol–water partition coefficient (Wildman–Crippen LogP) is -1.09. The van der Waals surface area contributed by atoms with Gasteiger partial charge in [0.1, 0.15) is 15.9 Å². The van der Waals surface area contributed by atoms with Crippen molar-refractivity contribution >= 4 is 25.8 Å². The molecule has 0 saturated carbocycles. The molecule has 0 radical (unpaired) electrons. The van der Waals surface area contributed by atoms with Gasteiger partial charge in [0, 0.05) is 12.8 Å². The van der Waals surface area contributed by atoms with Crippen molar-refractivity contribution in [2.75, 3.05) is 24.3 Å². The molecule has 1 fully saturated rings. The SMILES string of the molecule is CS(=O)(=O)CCS(=O)(=O)N1CCCC1C(=O)O. The molecule has 0 amide bonds. The van der Waals surface area contributed by atoms with Crippen LogP contribution in [0.5, 0.6) is 0 Å². The minimum absolute atomic E-state index is 0.142. The second-order valence-corrected chi connectivity index (χ2v) is 8.35. The molecule has 0 aliphatic carbocycles. The molecule has 0 aromatic carbocycles. The molecule has 7 nitrogen and oxygen atoms in total. The Labute approximate surface area is 100 Å². The number of rotatable bonds is 5. The van der Waals surface area contributed by atoms with Crippen LogP contribution in [0.1, 0.15) is 12.8 Å². The fourth-order valence-electron chi connectivity index (χ4n) is 1.69. The fourth-order valence-corrected chi connectivity index (χ4v) is 4.97. The smallest absolute Gasteiger partial charge is 0.322 e. The average molecular weight is 285 g/mol. The van der Waals surface area contributed by atoms with Crippen LogP contribution in [-0.2, 0) is 24.7 Å². The van der Waals surface area contributed by atoms with Crippen molar-refractivity contribution < 1.29 is 26.7 Å². The van der Waals surface area contributed by atoms with E-state index in [1.165, 1.54) is 0 Å². The predicted molar refractivity (Wildman–Crippen MR) is 60.9 cm³/mol. The van der Waals surface area contributed by atoms with Gasteiger partial charge in [0.25, 0.3) is 0 Å². The van der Waals surface area contributed by atoms with Crippen LogP contribution < -0.4 is 0 Å². The van der Waals surface area contributed by atoms with Crippen LogP contribution in [0.25, 0.3) is 0 Å². The van der Waals surface area contributed by atoms with Gasteiger partial charge in [-0.25, -0.2) is 16.8 Å². The lowest BCUT2D eigenvalue weighted by Crippen LogP contribution is -2.42. The van der Waals surface area contributed by atoms with E-state index in [0.717, 1.165) is 10.6 Å². The van der Waals surface area contributed by atoms with E-state index >= 15 is 0 Å². The van der Waals surface area contributed by atoms with E-state index in [4.69, 9.17) is 5.11 Å². The highest BCUT2D eigenvalue weighted by Gasteiger charge is 2.38. The largest absolute Gasteiger partial charge is 0.480 e. The number of carboxylic acid groups (broad SMARTS) is 1. The number of carboxylic acids is 1. The number of hydrogen-bond donors (Lipinski definition) is 1. The van der Waals surface area contributed by atoms with Crippen LogP contribution in [-0.4, -0.2) is 62.6 Å². The number of nitrogens with zero attached hydrogens (tertiary/aromatic N) is 1. The number of carbonyl (C=O) groups is 1. The third-order valence-corrected chi connectivity index (χ3v) is 5.63. The van der Waals surface area contributed by atoms with Crippen molar-refractivity contribution in [1.29, 1.82) is 0 Å². The van der Waals surface area contributed by atoms with E-state index in [1.54, 1.807) is 0 Å². The van der Waals surface area contributed by atoms with Crippen LogP contribution in [0.4, 0.5) is 0 Å². The molecule has 1 saturated heterocycles. The molecule has 1 unspecified atom stereocenters. The van der Waals surface area contributed by atoms with Gasteiger partial charge in [0.2, 0.25) is 10.0 Å². The zero-order valence-electron chi connectivity index (χ0n) is 9.37. The molecule has 1 atom stereocenters. The first-order valence-corrected chi connectivity index (χ1v) is 8.70. The lowest BCUT2D eigenvalue weighted by molar-refractivity contribution is -0.140. The lowest BCUT2D eigenvalue weighted by Gasteiger charge is -2.20. The van der Waals surface area contributed by atoms with Crippen LogP contribution in [0.15, 0.2) is 0 Å². The molecule has 0 aromatic heterocycles. The first-order valence-electron chi connectivity index (χ1n) is 5.03. The van der Waals surface area contributed by atoms with Crippen molar-refractivity contribution in [2.45, 2.75) is 18.9 Å². The topological polar surface area (TPSA) is 109 Å². The molecule has 1 aliphatic heterocycles. The zero-order valence-corrected chi connectivity index (χ0v) is 11.0. The van der Waals surface area contributed by atoms with Crippen LogP contribution in [0, 0.1) is 0 Å². The highest BCUT2D eigenvalue weighted by Crippen LogP contribution is 2.21. The van der Waals surface area contributed by atoms with Gasteiger partial charge in [0.15, 0.2) is 0 Å². The van der Waals surface area contributed by atoms with Gasteiger partial charge in [0.05, 0.1) is 11.5 Å². The Hall–Kier alpha value is -0.670. The maximum atomic E-state index is 11.8. The third-order valence-electron chi connectivity index (χ3n) is 2.56. The molecule has 17 heavy (non-hydrogen) atoms. The molecule has 0 spiro atoms. The van der Waals surface area contributed by atoms with Gasteiger partial charge >= 0.3 is 5.97 Å². The molecule has 1 aliphatic rings. The summed E-state index contributed by atoms with van der Waals surface area (Å²) in [5, 5.41) is 8.85. The summed E-state index contributed by atoms with van der Waals surface area (Å²) < 4.78 is 46.3. The van der Waals surface area contributed by atoms with Gasteiger partial charge in [-0.15, -0.1) is 0 Å². The van der Waals surface area contributed by atoms with E-state index in [1.807, 2.05) is 0 Å². The normalized spacial score (nSPS) is 22.8. The van der Waals surface area contributed by atoms with E-state index < -0.39 is 43.4 Å². The Kier molecular flexibility index (Phi) is 4.15. The minimum Gasteiger partial charge on any atom is -0.480 e. The Bertz CT molecular complexity index is 494. The lowest BCUT2D eigenvalue weighted by atomic mass is 10.2. The Morgan fingerprint density at radius 2 is 1.88 bits per heavy atom. The maximum absolute atomic E-state index is 11.8. The summed E-state index contributed by atoms with van der Waals surface area (Å²) >= 11 is 0. The first-order chi connectivity index (χ1) is 7.63. The van der Waals surface area contributed by atoms with Gasteiger partial charge in [-0.05, 0) is 12.8 Å². The van der Waals surface area contributed by atoms with Gasteiger partial charge in [-0.2, -0.15) is 4.31 Å². The molecule has 0 bridgehead atoms. The van der Waals surface area contributed by atoms with Gasteiger partial charge in [-0.1, -0.05) is 0 Å². The van der Waals surface area contributed by atoms with E-state index in [0.29, 0.717) is 6.42 Å². The van der Waals surface area contributed by atoms with Crippen molar-refractivity contribution in [2.24, 2.45) is 0 Å². The van der Waals surface area contributed by atoms with Crippen LogP contribution >= 0.6 is 0 Å². The monoisotopic (exact) mass is 285 g/mol.